The summed E-state index contributed by atoms with van der Waals surface area (Å²) in [5, 5.41) is 0. The van der Waals surface area contributed by atoms with Gasteiger partial charge in [0.25, 0.3) is 0 Å². The topological polar surface area (TPSA) is 35.5 Å². The zero-order chi connectivity index (χ0) is 14.9. The van der Waals surface area contributed by atoms with Gasteiger partial charge in [0.2, 0.25) is 0 Å². The third kappa shape index (κ3) is 16.1. The summed E-state index contributed by atoms with van der Waals surface area (Å²) in [6.07, 6.45) is 14.6. The molecular formula is C16H34O3S. The Morgan fingerprint density at radius 2 is 0.950 bits per heavy atom. The van der Waals surface area contributed by atoms with Gasteiger partial charge in [0.15, 0.2) is 0 Å². The van der Waals surface area contributed by atoms with Crippen LogP contribution in [0.2, 0.25) is 0 Å². The van der Waals surface area contributed by atoms with E-state index < -0.39 is 11.4 Å². The average molecular weight is 307 g/mol. The third-order valence-corrected chi connectivity index (χ3v) is 4.07. The first-order chi connectivity index (χ1) is 9.81. The smallest absolute Gasteiger partial charge is 0.268 e. The van der Waals surface area contributed by atoms with Crippen LogP contribution in [0.4, 0.5) is 0 Å². The van der Waals surface area contributed by atoms with Gasteiger partial charge in [-0.2, -0.15) is 4.21 Å². The highest BCUT2D eigenvalue weighted by Gasteiger charge is 2.00. The van der Waals surface area contributed by atoms with Crippen LogP contribution < -0.4 is 0 Å². The number of rotatable bonds is 16. The number of unbranched alkanes of at least 4 members (excludes halogenated alkanes) is 10. The molecule has 0 rings (SSSR count). The van der Waals surface area contributed by atoms with Gasteiger partial charge in [0.05, 0.1) is 13.2 Å². The lowest BCUT2D eigenvalue weighted by molar-refractivity contribution is 0.241. The Labute approximate surface area is 128 Å². The van der Waals surface area contributed by atoms with Crippen molar-refractivity contribution >= 4 is 11.4 Å². The maximum atomic E-state index is 11.3. The standard InChI is InChI=1S/C16H34O3S/c1-3-5-7-9-10-11-12-14-16-19-20(17)18-15-13-8-6-4-2/h3-16H2,1-2H3. The molecular weight excluding hydrogens is 272 g/mol. The molecule has 1 unspecified atom stereocenters. The lowest BCUT2D eigenvalue weighted by Crippen LogP contribution is -2.05. The van der Waals surface area contributed by atoms with E-state index in [2.05, 4.69) is 13.8 Å². The second-order valence-corrected chi connectivity index (χ2v) is 6.26. The zero-order valence-electron chi connectivity index (χ0n) is 13.5. The summed E-state index contributed by atoms with van der Waals surface area (Å²) >= 11 is -1.54. The highest BCUT2D eigenvalue weighted by molar-refractivity contribution is 7.75. The van der Waals surface area contributed by atoms with E-state index in [0.717, 1.165) is 19.3 Å². The first-order valence-electron chi connectivity index (χ1n) is 8.49. The van der Waals surface area contributed by atoms with Crippen LogP contribution in [0, 0.1) is 0 Å². The Hall–Kier alpha value is 0.0700. The fourth-order valence-corrected chi connectivity index (χ4v) is 2.63. The largest absolute Gasteiger partial charge is 0.304 e. The van der Waals surface area contributed by atoms with Crippen LogP contribution in [0.15, 0.2) is 0 Å². The summed E-state index contributed by atoms with van der Waals surface area (Å²) in [5.74, 6) is 0. The summed E-state index contributed by atoms with van der Waals surface area (Å²) in [7, 11) is 0. The molecule has 0 amide bonds. The highest BCUT2D eigenvalue weighted by atomic mass is 32.2. The maximum Gasteiger partial charge on any atom is 0.304 e. The average Bonchev–Trinajstić information content (AvgIpc) is 2.45. The van der Waals surface area contributed by atoms with Crippen molar-refractivity contribution in [2.45, 2.75) is 90.9 Å². The van der Waals surface area contributed by atoms with E-state index in [1.807, 2.05) is 0 Å². The molecule has 4 heteroatoms. The SMILES string of the molecule is CCCCCCCCCCOS(=O)OCCCCCC. The summed E-state index contributed by atoms with van der Waals surface area (Å²) in [6, 6.07) is 0. The van der Waals surface area contributed by atoms with E-state index in [-0.39, 0.29) is 0 Å². The van der Waals surface area contributed by atoms with Gasteiger partial charge < -0.3 is 0 Å². The minimum absolute atomic E-state index is 0.546. The van der Waals surface area contributed by atoms with Gasteiger partial charge in [-0.1, -0.05) is 78.1 Å². The van der Waals surface area contributed by atoms with E-state index in [1.165, 1.54) is 57.8 Å². The normalized spacial score (nSPS) is 12.7. The van der Waals surface area contributed by atoms with Crippen LogP contribution in [0.1, 0.15) is 90.9 Å². The van der Waals surface area contributed by atoms with E-state index >= 15 is 0 Å². The van der Waals surface area contributed by atoms with Crippen molar-refractivity contribution in [2.24, 2.45) is 0 Å². The number of hydrogen-bond donors (Lipinski definition) is 0. The Bertz CT molecular complexity index is 210. The van der Waals surface area contributed by atoms with Gasteiger partial charge in [0, 0.05) is 0 Å². The molecule has 20 heavy (non-hydrogen) atoms. The molecule has 0 aromatic carbocycles. The molecule has 0 saturated heterocycles. The highest BCUT2D eigenvalue weighted by Crippen LogP contribution is 2.08. The first-order valence-corrected chi connectivity index (χ1v) is 9.49. The quantitative estimate of drug-likeness (QED) is 0.362. The monoisotopic (exact) mass is 306 g/mol. The van der Waals surface area contributed by atoms with Crippen molar-refractivity contribution in [3.05, 3.63) is 0 Å². The van der Waals surface area contributed by atoms with Crippen LogP contribution in [0.3, 0.4) is 0 Å². The Morgan fingerprint density at radius 1 is 0.600 bits per heavy atom. The third-order valence-electron chi connectivity index (χ3n) is 3.35. The van der Waals surface area contributed by atoms with Crippen LogP contribution >= 0.6 is 0 Å². The van der Waals surface area contributed by atoms with Crippen molar-refractivity contribution in [1.29, 1.82) is 0 Å². The molecule has 122 valence electrons. The fourth-order valence-electron chi connectivity index (χ4n) is 2.05. The van der Waals surface area contributed by atoms with Crippen LogP contribution in [0.25, 0.3) is 0 Å². The van der Waals surface area contributed by atoms with E-state index in [0.29, 0.717) is 13.2 Å². The molecule has 0 N–H and O–H groups in total. The van der Waals surface area contributed by atoms with Crippen molar-refractivity contribution in [3.8, 4) is 0 Å². The van der Waals surface area contributed by atoms with Crippen molar-refractivity contribution < 1.29 is 12.6 Å². The molecule has 0 fully saturated rings. The fraction of sp³-hybridized carbons (Fsp3) is 1.00. The van der Waals surface area contributed by atoms with Gasteiger partial charge in [-0.25, -0.2) is 0 Å². The molecule has 0 radical (unpaired) electrons. The van der Waals surface area contributed by atoms with Gasteiger partial charge in [-0.05, 0) is 12.8 Å². The second-order valence-electron chi connectivity index (χ2n) is 5.38. The van der Waals surface area contributed by atoms with Crippen LogP contribution in [-0.4, -0.2) is 17.4 Å². The lowest BCUT2D eigenvalue weighted by Gasteiger charge is -2.04. The maximum absolute atomic E-state index is 11.3. The molecule has 0 bridgehead atoms. The van der Waals surface area contributed by atoms with E-state index in [4.69, 9.17) is 8.37 Å². The summed E-state index contributed by atoms with van der Waals surface area (Å²) in [4.78, 5) is 0. The van der Waals surface area contributed by atoms with Crippen molar-refractivity contribution in [2.75, 3.05) is 13.2 Å². The molecule has 0 aliphatic carbocycles. The lowest BCUT2D eigenvalue weighted by atomic mass is 10.1. The Morgan fingerprint density at radius 3 is 1.40 bits per heavy atom. The van der Waals surface area contributed by atoms with Gasteiger partial charge in [-0.15, -0.1) is 0 Å². The molecule has 0 aliphatic heterocycles. The molecule has 0 heterocycles. The molecule has 0 aromatic rings. The molecule has 0 spiro atoms. The molecule has 3 nitrogen and oxygen atoms in total. The predicted molar refractivity (Wildman–Crippen MR) is 86.8 cm³/mol. The molecule has 0 saturated carbocycles. The molecule has 0 aliphatic rings. The number of hydrogen-bond acceptors (Lipinski definition) is 3. The van der Waals surface area contributed by atoms with Gasteiger partial charge in [-0.3, -0.25) is 8.37 Å². The van der Waals surface area contributed by atoms with E-state index in [1.54, 1.807) is 0 Å². The summed E-state index contributed by atoms with van der Waals surface area (Å²) in [6.45, 7) is 5.51. The minimum Gasteiger partial charge on any atom is -0.268 e. The second kappa shape index (κ2) is 17.1. The zero-order valence-corrected chi connectivity index (χ0v) is 14.3. The van der Waals surface area contributed by atoms with E-state index in [9.17, 15) is 4.21 Å². The molecule has 0 aromatic heterocycles. The summed E-state index contributed by atoms with van der Waals surface area (Å²) < 4.78 is 21.6. The van der Waals surface area contributed by atoms with Crippen molar-refractivity contribution in [1.82, 2.24) is 0 Å². The summed E-state index contributed by atoms with van der Waals surface area (Å²) in [5.41, 5.74) is 0. The molecule has 1 atom stereocenters. The Kier molecular flexibility index (Phi) is 17.2. The first kappa shape index (κ1) is 20.1. The predicted octanol–water partition coefficient (Wildman–Crippen LogP) is 5.32. The van der Waals surface area contributed by atoms with Crippen LogP contribution in [0.5, 0.6) is 0 Å². The van der Waals surface area contributed by atoms with Crippen molar-refractivity contribution in [3.63, 3.8) is 0 Å². The van der Waals surface area contributed by atoms with Gasteiger partial charge >= 0.3 is 11.4 Å². The van der Waals surface area contributed by atoms with Crippen LogP contribution in [-0.2, 0) is 19.7 Å². The van der Waals surface area contributed by atoms with Gasteiger partial charge in [0.1, 0.15) is 0 Å². The Balaban J connectivity index is 3.11. The minimum atomic E-state index is -1.54.